The molecule has 4 nitrogen and oxygen atoms in total. The molecule has 0 spiro atoms. The average Bonchev–Trinajstić information content (AvgIpc) is 2.70. The molecule has 1 heterocycles. The van der Waals surface area contributed by atoms with Crippen LogP contribution in [0.5, 0.6) is 0 Å². The third kappa shape index (κ3) is 1.68. The quantitative estimate of drug-likeness (QED) is 0.774. The lowest BCUT2D eigenvalue weighted by Gasteiger charge is -2.28. The molecule has 3 rings (SSSR count). The van der Waals surface area contributed by atoms with Crippen molar-refractivity contribution in [1.29, 1.82) is 0 Å². The van der Waals surface area contributed by atoms with Gasteiger partial charge in [0.15, 0.2) is 0 Å². The van der Waals surface area contributed by atoms with Gasteiger partial charge in [0.2, 0.25) is 0 Å². The van der Waals surface area contributed by atoms with Crippen molar-refractivity contribution in [2.75, 3.05) is 23.5 Å². The third-order valence-electron chi connectivity index (χ3n) is 3.33. The van der Waals surface area contributed by atoms with Crippen LogP contribution in [-0.4, -0.2) is 14.2 Å². The number of rotatable bonds is 2. The molecule has 5 heteroatoms. The number of anilines is 3. The lowest BCUT2D eigenvalue weighted by molar-refractivity contribution is 0.394. The first-order chi connectivity index (χ1) is 9.18. The fraction of sp³-hybridized carbons (Fsp3) is 0.143. The Labute approximate surface area is 112 Å². The first kappa shape index (κ1) is 12.3. The second kappa shape index (κ2) is 4.41. The van der Waals surface area contributed by atoms with E-state index in [0.29, 0.717) is 0 Å². The van der Waals surface area contributed by atoms with Crippen LogP contribution in [0.4, 0.5) is 17.1 Å². The largest absolute Gasteiger partial charge is 0.401 e. The van der Waals surface area contributed by atoms with Gasteiger partial charge in [-0.05, 0) is 24.3 Å². The molecule has 0 fully saturated rings. The summed E-state index contributed by atoms with van der Waals surface area (Å²) in [5.74, 6) is 0. The van der Waals surface area contributed by atoms with E-state index in [4.69, 9.17) is 4.52 Å². The number of nitrogens with zero attached hydrogens (tertiary/aromatic N) is 2. The van der Waals surface area contributed by atoms with E-state index in [1.807, 2.05) is 54.6 Å². The van der Waals surface area contributed by atoms with E-state index in [9.17, 15) is 4.57 Å². The predicted octanol–water partition coefficient (Wildman–Crippen LogP) is 4.03. The van der Waals surface area contributed by atoms with Crippen LogP contribution in [0.3, 0.4) is 0 Å². The number of para-hydroxylation sites is 3. The molecule has 2 aromatic rings. The lowest BCUT2D eigenvalue weighted by Crippen LogP contribution is -2.18. The zero-order valence-electron chi connectivity index (χ0n) is 10.9. The molecule has 19 heavy (non-hydrogen) atoms. The summed E-state index contributed by atoms with van der Waals surface area (Å²) in [6, 6.07) is 17.4. The standard InChI is InChI=1S/C14H15N2O2P/c1-15-13-10-6-7-11-14(13)16(19(15,17)18-2)12-8-4-3-5-9-12/h3-11H,1-2H3. The number of benzene rings is 2. The summed E-state index contributed by atoms with van der Waals surface area (Å²) in [7, 11) is 0.194. The van der Waals surface area contributed by atoms with Crippen molar-refractivity contribution < 1.29 is 9.09 Å². The van der Waals surface area contributed by atoms with Gasteiger partial charge < -0.3 is 4.52 Å². The molecular weight excluding hydrogens is 259 g/mol. The summed E-state index contributed by atoms with van der Waals surface area (Å²) in [6.07, 6.45) is 0. The Balaban J connectivity index is 2.23. The maximum absolute atomic E-state index is 13.1. The minimum atomic E-state index is -3.09. The Kier molecular flexibility index (Phi) is 2.85. The van der Waals surface area contributed by atoms with Crippen molar-refractivity contribution in [3.05, 3.63) is 54.6 Å². The monoisotopic (exact) mass is 274 g/mol. The highest BCUT2D eigenvalue weighted by atomic mass is 31.2. The Morgan fingerprint density at radius 3 is 2.16 bits per heavy atom. The van der Waals surface area contributed by atoms with E-state index in [1.165, 1.54) is 7.11 Å². The van der Waals surface area contributed by atoms with Gasteiger partial charge in [-0.2, -0.15) is 0 Å². The molecule has 1 aliphatic rings. The molecule has 0 N–H and O–H groups in total. The van der Waals surface area contributed by atoms with Crippen LogP contribution in [0.15, 0.2) is 54.6 Å². The summed E-state index contributed by atoms with van der Waals surface area (Å²) in [5.41, 5.74) is 2.68. The van der Waals surface area contributed by atoms with E-state index in [1.54, 1.807) is 16.4 Å². The Bertz CT molecular complexity index is 645. The molecule has 1 atom stereocenters. The lowest BCUT2D eigenvalue weighted by atomic mass is 10.2. The summed E-state index contributed by atoms with van der Waals surface area (Å²) in [5, 5.41) is 0. The Morgan fingerprint density at radius 1 is 0.947 bits per heavy atom. The van der Waals surface area contributed by atoms with E-state index in [0.717, 1.165) is 17.1 Å². The minimum Gasteiger partial charge on any atom is -0.300 e. The Hall–Kier alpha value is -1.77. The maximum atomic E-state index is 13.1. The van der Waals surface area contributed by atoms with E-state index < -0.39 is 7.67 Å². The highest BCUT2D eigenvalue weighted by Gasteiger charge is 2.45. The zero-order chi connectivity index (χ0) is 13.5. The van der Waals surface area contributed by atoms with Gasteiger partial charge in [0.25, 0.3) is 0 Å². The topological polar surface area (TPSA) is 32.8 Å². The highest BCUT2D eigenvalue weighted by molar-refractivity contribution is 7.63. The van der Waals surface area contributed by atoms with Crippen molar-refractivity contribution in [3.63, 3.8) is 0 Å². The Morgan fingerprint density at radius 2 is 1.53 bits per heavy atom. The van der Waals surface area contributed by atoms with E-state index in [-0.39, 0.29) is 0 Å². The first-order valence-electron chi connectivity index (χ1n) is 6.03. The van der Waals surface area contributed by atoms with Gasteiger partial charge in [-0.3, -0.25) is 9.34 Å². The van der Waals surface area contributed by atoms with Crippen LogP contribution in [-0.2, 0) is 9.09 Å². The molecule has 98 valence electrons. The first-order valence-corrected chi connectivity index (χ1v) is 7.56. The van der Waals surface area contributed by atoms with Gasteiger partial charge in [-0.25, -0.2) is 4.57 Å². The predicted molar refractivity (Wildman–Crippen MR) is 78.0 cm³/mol. The summed E-state index contributed by atoms with van der Waals surface area (Å²) in [4.78, 5) is 0. The van der Waals surface area contributed by atoms with Crippen molar-refractivity contribution in [1.82, 2.24) is 0 Å². The van der Waals surface area contributed by atoms with Gasteiger partial charge >= 0.3 is 7.67 Å². The molecule has 1 aliphatic heterocycles. The van der Waals surface area contributed by atoms with Crippen LogP contribution in [0.2, 0.25) is 0 Å². The van der Waals surface area contributed by atoms with Crippen LogP contribution in [0, 0.1) is 0 Å². The van der Waals surface area contributed by atoms with E-state index in [2.05, 4.69) is 0 Å². The van der Waals surface area contributed by atoms with Gasteiger partial charge in [0, 0.05) is 14.2 Å². The highest BCUT2D eigenvalue weighted by Crippen LogP contribution is 2.67. The SMILES string of the molecule is COP1(=O)N(C)c2ccccc2N1c1ccccc1. The molecule has 1 unspecified atom stereocenters. The third-order valence-corrected chi connectivity index (χ3v) is 5.73. The van der Waals surface area contributed by atoms with Crippen LogP contribution in [0.25, 0.3) is 0 Å². The van der Waals surface area contributed by atoms with Crippen molar-refractivity contribution in [2.45, 2.75) is 0 Å². The number of hydrogen-bond acceptors (Lipinski definition) is 2. The van der Waals surface area contributed by atoms with Gasteiger partial charge in [-0.1, -0.05) is 30.3 Å². The molecule has 0 saturated heterocycles. The van der Waals surface area contributed by atoms with Gasteiger partial charge in [0.05, 0.1) is 17.1 Å². The smallest absolute Gasteiger partial charge is 0.300 e. The number of fused-ring (bicyclic) bond motifs is 1. The normalized spacial score (nSPS) is 21.6. The fourth-order valence-corrected chi connectivity index (χ4v) is 4.37. The van der Waals surface area contributed by atoms with Crippen molar-refractivity contribution in [2.24, 2.45) is 0 Å². The molecule has 2 aromatic carbocycles. The van der Waals surface area contributed by atoms with Crippen LogP contribution < -0.4 is 9.34 Å². The summed E-state index contributed by atoms with van der Waals surface area (Å²) in [6.45, 7) is 0. The molecule has 0 bridgehead atoms. The molecule has 0 aliphatic carbocycles. The number of hydrogen-bond donors (Lipinski definition) is 0. The summed E-state index contributed by atoms with van der Waals surface area (Å²) >= 11 is 0. The second-order valence-electron chi connectivity index (χ2n) is 4.33. The van der Waals surface area contributed by atoms with Crippen molar-refractivity contribution >= 4 is 24.7 Å². The molecular formula is C14H15N2O2P. The molecule has 0 aromatic heterocycles. The van der Waals surface area contributed by atoms with Gasteiger partial charge in [-0.15, -0.1) is 0 Å². The van der Waals surface area contributed by atoms with Crippen molar-refractivity contribution in [3.8, 4) is 0 Å². The maximum Gasteiger partial charge on any atom is 0.401 e. The molecule has 0 radical (unpaired) electrons. The molecule has 0 amide bonds. The summed E-state index contributed by atoms with van der Waals surface area (Å²) < 4.78 is 22.0. The average molecular weight is 274 g/mol. The second-order valence-corrected chi connectivity index (χ2v) is 6.68. The van der Waals surface area contributed by atoms with E-state index >= 15 is 0 Å². The van der Waals surface area contributed by atoms with Gasteiger partial charge in [0.1, 0.15) is 0 Å². The fourth-order valence-electron chi connectivity index (χ4n) is 2.38. The minimum absolute atomic E-state index is 0.865. The van der Waals surface area contributed by atoms with Crippen LogP contribution >= 0.6 is 7.67 Å². The molecule has 0 saturated carbocycles. The zero-order valence-corrected chi connectivity index (χ0v) is 11.7. The van der Waals surface area contributed by atoms with Crippen LogP contribution in [0.1, 0.15) is 0 Å².